The molecule has 168 valence electrons. The Morgan fingerprint density at radius 1 is 1.12 bits per heavy atom. The fourth-order valence-corrected chi connectivity index (χ4v) is 3.48. The van der Waals surface area contributed by atoms with Crippen LogP contribution in [-0.2, 0) is 0 Å². The molecule has 0 atom stereocenters. The number of hydrogen-bond acceptors (Lipinski definition) is 7. The van der Waals surface area contributed by atoms with Crippen LogP contribution in [0.3, 0.4) is 0 Å². The van der Waals surface area contributed by atoms with Gasteiger partial charge in [-0.15, -0.1) is 5.10 Å². The van der Waals surface area contributed by atoms with Crippen LogP contribution in [0.4, 0.5) is 10.2 Å². The molecular weight excluding hydrogens is 413 g/mol. The predicted molar refractivity (Wildman–Crippen MR) is 117 cm³/mol. The number of hydrogen-bond donors (Lipinski definition) is 0. The Morgan fingerprint density at radius 2 is 1.84 bits per heavy atom. The molecule has 1 aromatic carbocycles. The van der Waals surface area contributed by atoms with Crippen molar-refractivity contribution in [1.29, 1.82) is 0 Å². The smallest absolute Gasteiger partial charge is 0.276 e. The van der Waals surface area contributed by atoms with Crippen molar-refractivity contribution < 1.29 is 13.9 Å². The van der Waals surface area contributed by atoms with Gasteiger partial charge in [-0.25, -0.2) is 19.0 Å². The second kappa shape index (κ2) is 9.29. The molecule has 0 bridgehead atoms. The fraction of sp³-hybridized carbons (Fsp3) is 0.409. The zero-order chi connectivity index (χ0) is 22.7. The number of amides is 1. The van der Waals surface area contributed by atoms with Crippen molar-refractivity contribution in [2.45, 2.75) is 20.8 Å². The summed E-state index contributed by atoms with van der Waals surface area (Å²) in [5.41, 5.74) is 1.57. The number of carbonyl (C=O) groups is 1. The predicted octanol–water partition coefficient (Wildman–Crippen LogP) is 2.50. The van der Waals surface area contributed by atoms with E-state index in [2.05, 4.69) is 39.0 Å². The molecule has 2 aromatic heterocycles. The average molecular weight is 439 g/mol. The molecule has 4 rings (SSSR count). The summed E-state index contributed by atoms with van der Waals surface area (Å²) in [7, 11) is 0. The molecule has 1 aliphatic rings. The Bertz CT molecular complexity index is 1080. The minimum absolute atomic E-state index is 0.167. The first kappa shape index (κ1) is 21.7. The maximum atomic E-state index is 13.2. The summed E-state index contributed by atoms with van der Waals surface area (Å²) in [4.78, 5) is 25.4. The monoisotopic (exact) mass is 439 g/mol. The van der Waals surface area contributed by atoms with E-state index in [9.17, 15) is 9.18 Å². The molecule has 1 amide bonds. The fourth-order valence-electron chi connectivity index (χ4n) is 3.48. The van der Waals surface area contributed by atoms with Crippen molar-refractivity contribution in [3.8, 4) is 11.6 Å². The van der Waals surface area contributed by atoms with Crippen LogP contribution in [0, 0.1) is 18.7 Å². The van der Waals surface area contributed by atoms with Gasteiger partial charge in [0.2, 0.25) is 5.88 Å². The number of halogens is 1. The van der Waals surface area contributed by atoms with E-state index in [1.165, 1.54) is 18.5 Å². The van der Waals surface area contributed by atoms with Gasteiger partial charge in [-0.05, 0) is 37.1 Å². The van der Waals surface area contributed by atoms with E-state index in [1.54, 1.807) is 28.6 Å². The summed E-state index contributed by atoms with van der Waals surface area (Å²) in [5, 5.41) is 8.18. The summed E-state index contributed by atoms with van der Waals surface area (Å²) in [6.07, 6.45) is 1.50. The lowest BCUT2D eigenvalue weighted by Gasteiger charge is -2.35. The van der Waals surface area contributed by atoms with Crippen molar-refractivity contribution >= 4 is 11.7 Å². The third-order valence-corrected chi connectivity index (χ3v) is 5.25. The first-order valence-corrected chi connectivity index (χ1v) is 10.6. The molecule has 3 aromatic rings. The Labute approximate surface area is 185 Å². The number of rotatable bonds is 6. The molecule has 3 heterocycles. The van der Waals surface area contributed by atoms with Crippen LogP contribution in [-0.4, -0.2) is 68.6 Å². The van der Waals surface area contributed by atoms with Crippen LogP contribution in [0.1, 0.15) is 30.0 Å². The van der Waals surface area contributed by atoms with Crippen molar-refractivity contribution in [2.75, 3.05) is 37.7 Å². The van der Waals surface area contributed by atoms with Crippen molar-refractivity contribution in [1.82, 2.24) is 29.9 Å². The van der Waals surface area contributed by atoms with Crippen molar-refractivity contribution in [3.63, 3.8) is 0 Å². The van der Waals surface area contributed by atoms with Gasteiger partial charge in [-0.3, -0.25) is 4.79 Å². The maximum Gasteiger partial charge on any atom is 0.276 e. The highest BCUT2D eigenvalue weighted by molar-refractivity contribution is 5.93. The van der Waals surface area contributed by atoms with Crippen LogP contribution >= 0.6 is 0 Å². The molecule has 0 unspecified atom stereocenters. The Balaban J connectivity index is 1.40. The molecule has 0 spiro atoms. The molecule has 0 N–H and O–H groups in total. The minimum Gasteiger partial charge on any atom is -0.477 e. The van der Waals surface area contributed by atoms with E-state index < -0.39 is 0 Å². The van der Waals surface area contributed by atoms with Crippen molar-refractivity contribution in [3.05, 3.63) is 53.9 Å². The van der Waals surface area contributed by atoms with Crippen LogP contribution in [0.15, 0.2) is 36.7 Å². The van der Waals surface area contributed by atoms with Gasteiger partial charge in [0.1, 0.15) is 18.0 Å². The van der Waals surface area contributed by atoms with E-state index >= 15 is 0 Å². The minimum atomic E-state index is -0.331. The van der Waals surface area contributed by atoms with Gasteiger partial charge in [0, 0.05) is 32.2 Å². The number of aromatic nitrogens is 5. The summed E-state index contributed by atoms with van der Waals surface area (Å²) >= 11 is 0. The second-order valence-electron chi connectivity index (χ2n) is 8.11. The average Bonchev–Trinajstić information content (AvgIpc) is 3.19. The van der Waals surface area contributed by atoms with Crippen LogP contribution in [0.2, 0.25) is 0 Å². The molecule has 0 aliphatic carbocycles. The highest BCUT2D eigenvalue weighted by Gasteiger charge is 2.27. The molecule has 1 fully saturated rings. The van der Waals surface area contributed by atoms with Crippen LogP contribution < -0.4 is 9.64 Å². The van der Waals surface area contributed by atoms with Crippen LogP contribution in [0.5, 0.6) is 5.88 Å². The molecule has 0 radical (unpaired) electrons. The lowest BCUT2D eigenvalue weighted by Crippen LogP contribution is -2.49. The second-order valence-corrected chi connectivity index (χ2v) is 8.11. The summed E-state index contributed by atoms with van der Waals surface area (Å²) in [5.74, 6) is 1.24. The van der Waals surface area contributed by atoms with E-state index in [0.29, 0.717) is 61.7 Å². The van der Waals surface area contributed by atoms with Gasteiger partial charge in [0.15, 0.2) is 5.69 Å². The molecule has 32 heavy (non-hydrogen) atoms. The number of carbonyl (C=O) groups excluding carboxylic acids is 1. The molecule has 1 aliphatic heterocycles. The number of anilines is 1. The number of ether oxygens (including phenoxy) is 1. The van der Waals surface area contributed by atoms with Gasteiger partial charge in [0.05, 0.1) is 18.0 Å². The Morgan fingerprint density at radius 3 is 2.53 bits per heavy atom. The van der Waals surface area contributed by atoms with Gasteiger partial charge >= 0.3 is 0 Å². The maximum absolute atomic E-state index is 13.2. The lowest BCUT2D eigenvalue weighted by molar-refractivity contribution is 0.0739. The first-order chi connectivity index (χ1) is 15.4. The molecule has 10 heteroatoms. The van der Waals surface area contributed by atoms with Crippen LogP contribution in [0.25, 0.3) is 5.69 Å². The van der Waals surface area contributed by atoms with E-state index in [-0.39, 0.29) is 11.7 Å². The first-order valence-electron chi connectivity index (χ1n) is 10.6. The van der Waals surface area contributed by atoms with Crippen molar-refractivity contribution in [2.24, 2.45) is 5.92 Å². The normalized spacial score (nSPS) is 14.2. The summed E-state index contributed by atoms with van der Waals surface area (Å²) in [6.45, 7) is 8.89. The largest absolute Gasteiger partial charge is 0.477 e. The zero-order valence-corrected chi connectivity index (χ0v) is 18.4. The lowest BCUT2D eigenvalue weighted by atomic mass is 10.2. The number of piperazine rings is 1. The number of benzene rings is 1. The third-order valence-electron chi connectivity index (χ3n) is 5.25. The molecular formula is C22H26FN7O2. The van der Waals surface area contributed by atoms with Gasteiger partial charge < -0.3 is 14.5 Å². The van der Waals surface area contributed by atoms with E-state index in [0.717, 1.165) is 5.82 Å². The van der Waals surface area contributed by atoms with Gasteiger partial charge in [-0.1, -0.05) is 19.1 Å². The Hall–Kier alpha value is -3.56. The SMILES string of the molecule is Cc1c(C(=O)N2CCN(c3cc(OCC(C)C)ncn3)CC2)nnn1-c1ccc(F)cc1. The standard InChI is InChI=1S/C22H26FN7O2/c1-15(2)13-32-20-12-19(24-14-25-20)28-8-10-29(11-9-28)22(31)21-16(3)30(27-26-21)18-6-4-17(23)5-7-18/h4-7,12,14-15H,8-11,13H2,1-3H3. The molecule has 0 saturated carbocycles. The van der Waals surface area contributed by atoms with E-state index in [1.807, 2.05) is 6.07 Å². The zero-order valence-electron chi connectivity index (χ0n) is 18.4. The Kier molecular flexibility index (Phi) is 6.29. The highest BCUT2D eigenvalue weighted by atomic mass is 19.1. The summed E-state index contributed by atoms with van der Waals surface area (Å²) < 4.78 is 20.4. The quantitative estimate of drug-likeness (QED) is 0.583. The molecule has 1 saturated heterocycles. The topological polar surface area (TPSA) is 89.3 Å². The van der Waals surface area contributed by atoms with E-state index in [4.69, 9.17) is 4.74 Å². The van der Waals surface area contributed by atoms with Gasteiger partial charge in [0.25, 0.3) is 5.91 Å². The number of nitrogens with zero attached hydrogens (tertiary/aromatic N) is 7. The highest BCUT2D eigenvalue weighted by Crippen LogP contribution is 2.20. The third kappa shape index (κ3) is 4.68. The summed E-state index contributed by atoms with van der Waals surface area (Å²) in [6, 6.07) is 7.74. The molecule has 9 nitrogen and oxygen atoms in total. The van der Waals surface area contributed by atoms with Gasteiger partial charge in [-0.2, -0.15) is 0 Å².